The number of hydrogen-bond acceptors (Lipinski definition) is 7. The molecule has 0 aromatic carbocycles. The van der Waals surface area contributed by atoms with E-state index in [0.29, 0.717) is 32.1 Å². The zero-order valence-electron chi connectivity index (χ0n) is 23.6. The van der Waals surface area contributed by atoms with Crippen LogP contribution in [-0.4, -0.2) is 61.7 Å². The summed E-state index contributed by atoms with van der Waals surface area (Å²) in [6.07, 6.45) is 3.84. The first-order valence-electron chi connectivity index (χ1n) is 14.0. The van der Waals surface area contributed by atoms with Crippen molar-refractivity contribution in [2.24, 2.45) is 34.5 Å². The highest BCUT2D eigenvalue weighted by molar-refractivity contribution is 7.80. The summed E-state index contributed by atoms with van der Waals surface area (Å²) in [7, 11) is -6.65. The molecule has 0 spiro atoms. The van der Waals surface area contributed by atoms with Crippen LogP contribution in [-0.2, 0) is 23.8 Å². The van der Waals surface area contributed by atoms with Gasteiger partial charge in [-0.05, 0) is 98.6 Å². The molecule has 0 bridgehead atoms. The SMILES string of the molecule is CC(C)(C)[Si](C)(C)OCC(=O)[C@@]1(O)CC[C@H]2[C@@H]3CC[C@H]4C[C@H](OS(=O)(=O)O)CC[C@]4(C)[C@H]3[C@@H](O)C[C@@]21C. The van der Waals surface area contributed by atoms with Gasteiger partial charge in [-0.1, -0.05) is 34.6 Å². The molecule has 4 fully saturated rings. The minimum absolute atomic E-state index is 0.0249. The maximum absolute atomic E-state index is 13.6. The van der Waals surface area contributed by atoms with Gasteiger partial charge in [0.25, 0.3) is 0 Å². The van der Waals surface area contributed by atoms with Gasteiger partial charge in [-0.2, -0.15) is 8.42 Å². The summed E-state index contributed by atoms with van der Waals surface area (Å²) in [5, 5.41) is 23.5. The molecule has 0 aromatic rings. The molecule has 214 valence electrons. The highest BCUT2D eigenvalue weighted by Gasteiger charge is 2.69. The summed E-state index contributed by atoms with van der Waals surface area (Å²) in [5.74, 6) is 0.283. The molecular weight excluding hydrogens is 512 g/mol. The molecule has 0 unspecified atom stereocenters. The van der Waals surface area contributed by atoms with E-state index in [4.69, 9.17) is 13.2 Å². The largest absolute Gasteiger partial charge is 0.409 e. The van der Waals surface area contributed by atoms with Crippen LogP contribution in [0.3, 0.4) is 0 Å². The van der Waals surface area contributed by atoms with E-state index in [1.807, 2.05) is 6.92 Å². The lowest BCUT2D eigenvalue weighted by molar-refractivity contribution is -0.202. The minimum atomic E-state index is -4.50. The summed E-state index contributed by atoms with van der Waals surface area (Å²) < 4.78 is 42.9. The van der Waals surface area contributed by atoms with E-state index in [-0.39, 0.29) is 46.5 Å². The van der Waals surface area contributed by atoms with Gasteiger partial charge in [0.05, 0.1) is 18.8 Å². The molecule has 4 rings (SSSR count). The molecule has 3 N–H and O–H groups in total. The van der Waals surface area contributed by atoms with Crippen molar-refractivity contribution in [2.45, 2.75) is 122 Å². The Balaban J connectivity index is 1.53. The van der Waals surface area contributed by atoms with E-state index >= 15 is 0 Å². The molecule has 4 aliphatic carbocycles. The zero-order valence-corrected chi connectivity index (χ0v) is 25.4. The molecule has 0 heterocycles. The second-order valence-electron chi connectivity index (χ2n) is 14.6. The van der Waals surface area contributed by atoms with E-state index in [1.54, 1.807) is 0 Å². The minimum Gasteiger partial charge on any atom is -0.409 e. The average molecular weight is 561 g/mol. The van der Waals surface area contributed by atoms with Crippen LogP contribution in [0.5, 0.6) is 0 Å². The van der Waals surface area contributed by atoms with Crippen LogP contribution < -0.4 is 0 Å². The zero-order chi connectivity index (χ0) is 27.8. The fraction of sp³-hybridized carbons (Fsp3) is 0.963. The van der Waals surface area contributed by atoms with Gasteiger partial charge in [0, 0.05) is 5.41 Å². The normalized spacial score (nSPS) is 44.6. The average Bonchev–Trinajstić information content (AvgIpc) is 3.01. The molecule has 37 heavy (non-hydrogen) atoms. The van der Waals surface area contributed by atoms with Gasteiger partial charge < -0.3 is 14.6 Å². The summed E-state index contributed by atoms with van der Waals surface area (Å²) in [4.78, 5) is 13.6. The van der Waals surface area contributed by atoms with Crippen molar-refractivity contribution in [1.29, 1.82) is 0 Å². The van der Waals surface area contributed by atoms with Crippen molar-refractivity contribution >= 4 is 24.5 Å². The fourth-order valence-corrected chi connectivity index (χ4v) is 10.1. The van der Waals surface area contributed by atoms with Crippen LogP contribution in [0, 0.1) is 34.5 Å². The predicted octanol–water partition coefficient (Wildman–Crippen LogP) is 4.51. The van der Waals surface area contributed by atoms with Crippen molar-refractivity contribution in [2.75, 3.05) is 6.61 Å². The van der Waals surface area contributed by atoms with Gasteiger partial charge in [-0.15, -0.1) is 0 Å². The highest BCUT2D eigenvalue weighted by Crippen LogP contribution is 2.68. The van der Waals surface area contributed by atoms with Gasteiger partial charge in [0.2, 0.25) is 0 Å². The van der Waals surface area contributed by atoms with Crippen molar-refractivity contribution in [3.63, 3.8) is 0 Å². The Hall–Kier alpha value is -0.363. The maximum Gasteiger partial charge on any atom is 0.397 e. The molecule has 9 atom stereocenters. The van der Waals surface area contributed by atoms with Crippen molar-refractivity contribution in [3.8, 4) is 0 Å². The summed E-state index contributed by atoms with van der Waals surface area (Å²) >= 11 is 0. The first-order chi connectivity index (χ1) is 16.8. The number of carbonyl (C=O) groups excluding carboxylic acids is 1. The van der Waals surface area contributed by atoms with Crippen LogP contribution in [0.4, 0.5) is 0 Å². The Bertz CT molecular complexity index is 1010. The topological polar surface area (TPSA) is 130 Å². The van der Waals surface area contributed by atoms with E-state index in [9.17, 15) is 23.4 Å². The van der Waals surface area contributed by atoms with Crippen LogP contribution in [0.1, 0.15) is 86.0 Å². The van der Waals surface area contributed by atoms with E-state index in [2.05, 4.69) is 40.8 Å². The Morgan fingerprint density at radius 1 is 1.08 bits per heavy atom. The Morgan fingerprint density at radius 3 is 2.32 bits per heavy atom. The Morgan fingerprint density at radius 2 is 1.73 bits per heavy atom. The molecule has 0 amide bonds. The molecular formula is C27H48O8SSi. The van der Waals surface area contributed by atoms with Crippen LogP contribution in [0.25, 0.3) is 0 Å². The molecule has 4 saturated carbocycles. The van der Waals surface area contributed by atoms with Crippen LogP contribution in [0.15, 0.2) is 0 Å². The number of hydrogen-bond donors (Lipinski definition) is 3. The van der Waals surface area contributed by atoms with E-state index < -0.39 is 41.9 Å². The molecule has 0 radical (unpaired) electrons. The first-order valence-corrected chi connectivity index (χ1v) is 18.3. The second-order valence-corrected chi connectivity index (χ2v) is 20.4. The van der Waals surface area contributed by atoms with Gasteiger partial charge in [0.15, 0.2) is 14.1 Å². The molecule has 0 saturated heterocycles. The predicted molar refractivity (Wildman–Crippen MR) is 143 cm³/mol. The van der Waals surface area contributed by atoms with Crippen molar-refractivity contribution in [1.82, 2.24) is 0 Å². The number of aliphatic hydroxyl groups excluding tert-OH is 1. The van der Waals surface area contributed by atoms with Gasteiger partial charge >= 0.3 is 10.4 Å². The summed E-state index contributed by atoms with van der Waals surface area (Å²) in [6, 6.07) is 0. The molecule has 0 aromatic heterocycles. The van der Waals surface area contributed by atoms with Crippen molar-refractivity contribution < 1.29 is 36.6 Å². The third-order valence-electron chi connectivity index (χ3n) is 11.8. The monoisotopic (exact) mass is 560 g/mol. The number of carbonyl (C=O) groups is 1. The highest BCUT2D eigenvalue weighted by atomic mass is 32.3. The third kappa shape index (κ3) is 4.91. The Labute approximate surface area is 224 Å². The number of ketones is 1. The second kappa shape index (κ2) is 9.35. The van der Waals surface area contributed by atoms with Gasteiger partial charge in [-0.3, -0.25) is 9.35 Å². The summed E-state index contributed by atoms with van der Waals surface area (Å²) in [5.41, 5.74) is -2.40. The maximum atomic E-state index is 13.6. The number of aliphatic hydroxyl groups is 2. The Kier molecular flexibility index (Phi) is 7.48. The quantitative estimate of drug-likeness (QED) is 0.320. The lowest BCUT2D eigenvalue weighted by Crippen LogP contribution is -2.63. The molecule has 10 heteroatoms. The number of rotatable bonds is 6. The fourth-order valence-electron chi connectivity index (χ4n) is 8.65. The van der Waals surface area contributed by atoms with Crippen LogP contribution >= 0.6 is 0 Å². The lowest BCUT2D eigenvalue weighted by Gasteiger charge is -2.63. The standard InChI is InChI=1S/C27H48O8SSi/c1-24(2,3)37(6,7)34-16-22(29)27(30)13-11-20-19-9-8-17-14-18(35-36(31,32)33)10-12-25(17,4)23(19)21(28)15-26(20,27)5/h17-21,23,28,30H,8-16H2,1-7H3,(H,31,32,33)/t17-,18+,19-,20-,21-,23+,25-,26-,27-/m0/s1. The van der Waals surface area contributed by atoms with Gasteiger partial charge in [0.1, 0.15) is 5.60 Å². The molecule has 4 aliphatic rings. The first kappa shape index (κ1) is 29.6. The lowest BCUT2D eigenvalue weighted by atomic mass is 9.43. The third-order valence-corrected chi connectivity index (χ3v) is 16.8. The van der Waals surface area contributed by atoms with E-state index in [1.165, 1.54) is 0 Å². The van der Waals surface area contributed by atoms with Crippen LogP contribution in [0.2, 0.25) is 18.1 Å². The summed E-state index contributed by atoms with van der Waals surface area (Å²) in [6.45, 7) is 14.7. The molecule has 8 nitrogen and oxygen atoms in total. The molecule has 0 aliphatic heterocycles. The van der Waals surface area contributed by atoms with E-state index in [0.717, 1.165) is 19.3 Å². The number of Topliss-reactive ketones (excluding diaryl/α,β-unsaturated/α-hetero) is 1. The number of fused-ring (bicyclic) bond motifs is 5. The van der Waals surface area contributed by atoms with Gasteiger partial charge in [-0.25, -0.2) is 4.18 Å². The smallest absolute Gasteiger partial charge is 0.397 e. The van der Waals surface area contributed by atoms with Crippen molar-refractivity contribution in [3.05, 3.63) is 0 Å².